The number of benzene rings is 2. The molecule has 0 saturated carbocycles. The normalized spacial score (nSPS) is 12.1. The molecule has 3 rings (SSSR count). The number of hydrogen-bond acceptors (Lipinski definition) is 5. The molecule has 3 aromatic rings. The highest BCUT2D eigenvalue weighted by Gasteiger charge is 2.17. The van der Waals surface area contributed by atoms with E-state index in [1.54, 1.807) is 22.9 Å². The van der Waals surface area contributed by atoms with Crippen LogP contribution in [0.2, 0.25) is 10.0 Å². The van der Waals surface area contributed by atoms with Crippen LogP contribution in [0.15, 0.2) is 48.5 Å². The van der Waals surface area contributed by atoms with Crippen molar-refractivity contribution < 1.29 is 5.11 Å². The molecule has 0 saturated heterocycles. The van der Waals surface area contributed by atoms with E-state index in [0.717, 1.165) is 5.69 Å². The van der Waals surface area contributed by atoms with Crippen LogP contribution in [0.1, 0.15) is 11.7 Å². The summed E-state index contributed by atoms with van der Waals surface area (Å²) >= 11 is 12.2. The third-order valence-corrected chi connectivity index (χ3v) is 3.92. The SMILES string of the molecule is OC(CNc1nnnn1-c1ccccc1)c1c(Cl)cccc1Cl. The molecule has 1 unspecified atom stereocenters. The molecule has 1 aromatic heterocycles. The molecule has 0 aliphatic heterocycles. The number of nitrogens with zero attached hydrogens (tertiary/aromatic N) is 4. The summed E-state index contributed by atoms with van der Waals surface area (Å²) in [5.74, 6) is 0.415. The van der Waals surface area contributed by atoms with Gasteiger partial charge in [-0.2, -0.15) is 4.68 Å². The Balaban J connectivity index is 1.76. The maximum Gasteiger partial charge on any atom is 0.247 e. The molecule has 0 aliphatic carbocycles. The van der Waals surface area contributed by atoms with Crippen molar-refractivity contribution in [2.75, 3.05) is 11.9 Å². The minimum absolute atomic E-state index is 0.163. The van der Waals surface area contributed by atoms with Crippen LogP contribution in [0.4, 0.5) is 5.95 Å². The van der Waals surface area contributed by atoms with Crippen LogP contribution in [0.25, 0.3) is 5.69 Å². The van der Waals surface area contributed by atoms with Crippen LogP contribution in [-0.2, 0) is 0 Å². The van der Waals surface area contributed by atoms with Crippen molar-refractivity contribution in [2.45, 2.75) is 6.10 Å². The number of nitrogens with one attached hydrogen (secondary N) is 1. The minimum Gasteiger partial charge on any atom is -0.386 e. The molecule has 2 N–H and O–H groups in total. The summed E-state index contributed by atoms with van der Waals surface area (Å²) < 4.78 is 1.54. The molecular weight excluding hydrogens is 337 g/mol. The van der Waals surface area contributed by atoms with Gasteiger partial charge in [0.05, 0.1) is 11.8 Å². The maximum absolute atomic E-state index is 10.3. The molecule has 1 heterocycles. The fourth-order valence-corrected chi connectivity index (χ4v) is 2.81. The van der Waals surface area contributed by atoms with Crippen LogP contribution in [-0.4, -0.2) is 31.9 Å². The van der Waals surface area contributed by atoms with E-state index < -0.39 is 6.10 Å². The first-order valence-corrected chi connectivity index (χ1v) is 7.62. The number of anilines is 1. The van der Waals surface area contributed by atoms with E-state index in [0.29, 0.717) is 21.6 Å². The Morgan fingerprint density at radius 1 is 1.04 bits per heavy atom. The van der Waals surface area contributed by atoms with Gasteiger partial charge >= 0.3 is 0 Å². The molecule has 6 nitrogen and oxygen atoms in total. The first-order chi connectivity index (χ1) is 11.2. The van der Waals surface area contributed by atoms with Gasteiger partial charge in [-0.05, 0) is 34.7 Å². The van der Waals surface area contributed by atoms with Gasteiger partial charge in [-0.1, -0.05) is 52.6 Å². The zero-order valence-corrected chi connectivity index (χ0v) is 13.4. The minimum atomic E-state index is -0.892. The van der Waals surface area contributed by atoms with Crippen molar-refractivity contribution in [2.24, 2.45) is 0 Å². The Morgan fingerprint density at radius 2 is 1.74 bits per heavy atom. The lowest BCUT2D eigenvalue weighted by atomic mass is 10.1. The first-order valence-electron chi connectivity index (χ1n) is 6.86. The van der Waals surface area contributed by atoms with Crippen LogP contribution in [0.3, 0.4) is 0 Å². The van der Waals surface area contributed by atoms with Gasteiger partial charge in [0, 0.05) is 22.2 Å². The molecule has 2 aromatic carbocycles. The summed E-state index contributed by atoms with van der Waals surface area (Å²) in [6.07, 6.45) is -0.892. The maximum atomic E-state index is 10.3. The number of tetrazole rings is 1. The zero-order valence-electron chi connectivity index (χ0n) is 11.9. The summed E-state index contributed by atoms with van der Waals surface area (Å²) in [5.41, 5.74) is 1.28. The fraction of sp³-hybridized carbons (Fsp3) is 0.133. The first kappa shape index (κ1) is 15.7. The Labute approximate surface area is 142 Å². The molecule has 23 heavy (non-hydrogen) atoms. The Morgan fingerprint density at radius 3 is 2.43 bits per heavy atom. The number of hydrogen-bond donors (Lipinski definition) is 2. The Kier molecular flexibility index (Phi) is 4.76. The number of rotatable bonds is 5. The second-order valence-electron chi connectivity index (χ2n) is 4.78. The lowest BCUT2D eigenvalue weighted by Gasteiger charge is -2.15. The molecule has 0 amide bonds. The molecule has 0 aliphatic rings. The average molecular weight is 350 g/mol. The molecule has 0 spiro atoms. The van der Waals surface area contributed by atoms with Gasteiger partial charge in [0.2, 0.25) is 5.95 Å². The molecular formula is C15H13Cl2N5O. The van der Waals surface area contributed by atoms with Crippen molar-refractivity contribution in [1.29, 1.82) is 0 Å². The number of para-hydroxylation sites is 1. The predicted molar refractivity (Wildman–Crippen MR) is 89.1 cm³/mol. The number of aromatic nitrogens is 4. The summed E-state index contributed by atoms with van der Waals surface area (Å²) in [6.45, 7) is 0.163. The number of aliphatic hydroxyl groups excluding tert-OH is 1. The fourth-order valence-electron chi connectivity index (χ4n) is 2.16. The molecule has 1 atom stereocenters. The van der Waals surface area contributed by atoms with Crippen LogP contribution in [0, 0.1) is 0 Å². The van der Waals surface area contributed by atoms with E-state index in [2.05, 4.69) is 20.8 Å². The van der Waals surface area contributed by atoms with E-state index in [-0.39, 0.29) is 6.54 Å². The van der Waals surface area contributed by atoms with Gasteiger partial charge in [-0.15, -0.1) is 0 Å². The highest BCUT2D eigenvalue weighted by molar-refractivity contribution is 6.36. The van der Waals surface area contributed by atoms with Gasteiger partial charge in [-0.3, -0.25) is 0 Å². The summed E-state index contributed by atoms with van der Waals surface area (Å²) in [4.78, 5) is 0. The van der Waals surface area contributed by atoms with Gasteiger partial charge in [0.1, 0.15) is 0 Å². The monoisotopic (exact) mass is 349 g/mol. The number of halogens is 2. The second-order valence-corrected chi connectivity index (χ2v) is 5.60. The quantitative estimate of drug-likeness (QED) is 0.740. The molecule has 118 valence electrons. The summed E-state index contributed by atoms with van der Waals surface area (Å²) in [6, 6.07) is 14.5. The largest absolute Gasteiger partial charge is 0.386 e. The van der Waals surface area contributed by atoms with Crippen LogP contribution in [0.5, 0.6) is 0 Å². The molecule has 0 bridgehead atoms. The Bertz CT molecular complexity index is 773. The van der Waals surface area contributed by atoms with Crippen molar-refractivity contribution >= 4 is 29.2 Å². The highest BCUT2D eigenvalue weighted by Crippen LogP contribution is 2.30. The van der Waals surface area contributed by atoms with Crippen molar-refractivity contribution in [3.05, 3.63) is 64.1 Å². The van der Waals surface area contributed by atoms with E-state index in [4.69, 9.17) is 23.2 Å². The third-order valence-electron chi connectivity index (χ3n) is 3.26. The topological polar surface area (TPSA) is 75.9 Å². The van der Waals surface area contributed by atoms with Gasteiger partial charge < -0.3 is 10.4 Å². The van der Waals surface area contributed by atoms with Crippen LogP contribution < -0.4 is 5.32 Å². The lowest BCUT2D eigenvalue weighted by molar-refractivity contribution is 0.191. The van der Waals surface area contributed by atoms with Crippen molar-refractivity contribution in [1.82, 2.24) is 20.2 Å². The molecule has 0 fully saturated rings. The standard InChI is InChI=1S/C15H13Cl2N5O/c16-11-7-4-8-12(17)14(11)13(23)9-18-15-19-20-21-22(15)10-5-2-1-3-6-10/h1-8,13,23H,9H2,(H,18,19,21). The Hall–Kier alpha value is -2.15. The van der Waals surface area contributed by atoms with E-state index in [9.17, 15) is 5.11 Å². The van der Waals surface area contributed by atoms with Crippen LogP contribution >= 0.6 is 23.2 Å². The van der Waals surface area contributed by atoms with E-state index >= 15 is 0 Å². The van der Waals surface area contributed by atoms with E-state index in [1.165, 1.54) is 0 Å². The molecule has 0 radical (unpaired) electrons. The van der Waals surface area contributed by atoms with Crippen molar-refractivity contribution in [3.8, 4) is 5.69 Å². The lowest BCUT2D eigenvalue weighted by Crippen LogP contribution is -2.16. The second kappa shape index (κ2) is 6.95. The van der Waals surface area contributed by atoms with Gasteiger partial charge in [0.25, 0.3) is 0 Å². The third kappa shape index (κ3) is 3.44. The smallest absolute Gasteiger partial charge is 0.247 e. The summed E-state index contributed by atoms with van der Waals surface area (Å²) in [5, 5.41) is 25.7. The molecule has 8 heteroatoms. The number of aliphatic hydroxyl groups is 1. The zero-order chi connectivity index (χ0) is 16.2. The van der Waals surface area contributed by atoms with Gasteiger partial charge in [-0.25, -0.2) is 0 Å². The van der Waals surface area contributed by atoms with E-state index in [1.807, 2.05) is 30.3 Å². The van der Waals surface area contributed by atoms with Crippen molar-refractivity contribution in [3.63, 3.8) is 0 Å². The predicted octanol–water partition coefficient (Wildman–Crippen LogP) is 3.11. The summed E-state index contributed by atoms with van der Waals surface area (Å²) in [7, 11) is 0. The highest BCUT2D eigenvalue weighted by atomic mass is 35.5. The average Bonchev–Trinajstić information content (AvgIpc) is 3.02. The van der Waals surface area contributed by atoms with Gasteiger partial charge in [0.15, 0.2) is 0 Å².